The Labute approximate surface area is 119 Å². The quantitative estimate of drug-likeness (QED) is 0.723. The zero-order valence-electron chi connectivity index (χ0n) is 11.7. The Morgan fingerprint density at radius 3 is 2.47 bits per heavy atom. The lowest BCUT2D eigenvalue weighted by Gasteiger charge is -2.30. The number of rotatable bonds is 6. The summed E-state index contributed by atoms with van der Waals surface area (Å²) in [6.07, 6.45) is 1.78. The highest BCUT2D eigenvalue weighted by Crippen LogP contribution is 2.16. The largest absolute Gasteiger partial charge is 0.334 e. The standard InChI is InChI=1S/C15H21ClFNO/c1-4-13(5-2)18(9-8-16)15(19)12-6-7-14(17)11(3)10-12/h6-7,10,13H,4-5,8-9H2,1-3H3. The number of hydrogen-bond acceptors (Lipinski definition) is 1. The first-order chi connectivity index (χ1) is 9.04. The van der Waals surface area contributed by atoms with Gasteiger partial charge in [0.25, 0.3) is 5.91 Å². The van der Waals surface area contributed by atoms with Crippen molar-refractivity contribution in [1.82, 2.24) is 4.90 Å². The van der Waals surface area contributed by atoms with Crippen LogP contribution in [0.3, 0.4) is 0 Å². The van der Waals surface area contributed by atoms with E-state index in [0.29, 0.717) is 23.6 Å². The lowest BCUT2D eigenvalue weighted by atomic mass is 10.1. The lowest BCUT2D eigenvalue weighted by molar-refractivity contribution is 0.0681. The van der Waals surface area contributed by atoms with Gasteiger partial charge in [0.1, 0.15) is 5.82 Å². The van der Waals surface area contributed by atoms with E-state index in [0.717, 1.165) is 12.8 Å². The first-order valence-electron chi connectivity index (χ1n) is 6.68. The minimum absolute atomic E-state index is 0.0718. The maximum absolute atomic E-state index is 13.3. The molecule has 0 fully saturated rings. The van der Waals surface area contributed by atoms with Gasteiger partial charge in [-0.05, 0) is 43.5 Å². The van der Waals surface area contributed by atoms with Crippen molar-refractivity contribution in [2.75, 3.05) is 12.4 Å². The van der Waals surface area contributed by atoms with E-state index in [1.807, 2.05) is 0 Å². The predicted molar refractivity (Wildman–Crippen MR) is 77.3 cm³/mol. The Bertz CT molecular complexity index is 432. The molecule has 0 atom stereocenters. The van der Waals surface area contributed by atoms with Crippen molar-refractivity contribution < 1.29 is 9.18 Å². The molecule has 0 aromatic heterocycles. The van der Waals surface area contributed by atoms with E-state index < -0.39 is 0 Å². The molecule has 0 heterocycles. The summed E-state index contributed by atoms with van der Waals surface area (Å²) in [5.74, 6) is 0.0445. The predicted octanol–water partition coefficient (Wildman–Crippen LogP) is 4.00. The molecule has 4 heteroatoms. The highest BCUT2D eigenvalue weighted by Gasteiger charge is 2.22. The molecule has 1 aromatic rings. The molecular formula is C15H21ClFNO. The molecule has 0 aliphatic heterocycles. The SMILES string of the molecule is CCC(CC)N(CCCl)C(=O)c1ccc(F)c(C)c1. The molecule has 0 radical (unpaired) electrons. The Kier molecular flexibility index (Phi) is 6.29. The number of hydrogen-bond donors (Lipinski definition) is 0. The second kappa shape index (κ2) is 7.49. The minimum atomic E-state index is -0.289. The molecule has 1 amide bonds. The number of aryl methyl sites for hydroxylation is 1. The number of carbonyl (C=O) groups is 1. The molecule has 106 valence electrons. The first-order valence-corrected chi connectivity index (χ1v) is 7.21. The van der Waals surface area contributed by atoms with E-state index >= 15 is 0 Å². The Morgan fingerprint density at radius 1 is 1.37 bits per heavy atom. The fraction of sp³-hybridized carbons (Fsp3) is 0.533. The van der Waals surface area contributed by atoms with Crippen LogP contribution in [-0.2, 0) is 0 Å². The fourth-order valence-electron chi connectivity index (χ4n) is 2.21. The molecule has 1 aromatic carbocycles. The first kappa shape index (κ1) is 16.0. The molecule has 0 aliphatic rings. The van der Waals surface area contributed by atoms with Gasteiger partial charge in [-0.25, -0.2) is 4.39 Å². The summed E-state index contributed by atoms with van der Waals surface area (Å²) < 4.78 is 13.3. The van der Waals surface area contributed by atoms with E-state index in [9.17, 15) is 9.18 Å². The summed E-state index contributed by atoms with van der Waals surface area (Å²) in [7, 11) is 0. The van der Waals surface area contributed by atoms with Crippen molar-refractivity contribution >= 4 is 17.5 Å². The van der Waals surface area contributed by atoms with Crippen LogP contribution in [0.5, 0.6) is 0 Å². The number of alkyl halides is 1. The van der Waals surface area contributed by atoms with Crippen molar-refractivity contribution in [2.24, 2.45) is 0 Å². The van der Waals surface area contributed by atoms with Crippen LogP contribution in [-0.4, -0.2) is 29.3 Å². The molecule has 0 saturated heterocycles. The topological polar surface area (TPSA) is 20.3 Å². The summed E-state index contributed by atoms with van der Waals surface area (Å²) in [5, 5.41) is 0. The monoisotopic (exact) mass is 285 g/mol. The average Bonchev–Trinajstić information content (AvgIpc) is 2.41. The van der Waals surface area contributed by atoms with Gasteiger partial charge in [0.15, 0.2) is 0 Å². The second-order valence-corrected chi connectivity index (χ2v) is 5.00. The van der Waals surface area contributed by atoms with Crippen molar-refractivity contribution in [3.8, 4) is 0 Å². The van der Waals surface area contributed by atoms with Gasteiger partial charge in [-0.3, -0.25) is 4.79 Å². The lowest BCUT2D eigenvalue weighted by Crippen LogP contribution is -2.41. The summed E-state index contributed by atoms with van der Waals surface area (Å²) in [5.41, 5.74) is 1.01. The van der Waals surface area contributed by atoms with Gasteiger partial charge in [-0.15, -0.1) is 11.6 Å². The number of carbonyl (C=O) groups excluding carboxylic acids is 1. The van der Waals surface area contributed by atoms with Gasteiger partial charge >= 0.3 is 0 Å². The molecule has 19 heavy (non-hydrogen) atoms. The second-order valence-electron chi connectivity index (χ2n) is 4.62. The summed E-state index contributed by atoms with van der Waals surface area (Å²) in [6.45, 7) is 6.29. The summed E-state index contributed by atoms with van der Waals surface area (Å²) in [6, 6.07) is 4.65. The van der Waals surface area contributed by atoms with Crippen LogP contribution in [0.2, 0.25) is 0 Å². The van der Waals surface area contributed by atoms with Crippen LogP contribution in [0, 0.1) is 12.7 Å². The van der Waals surface area contributed by atoms with Crippen LogP contribution in [0.25, 0.3) is 0 Å². The molecule has 0 spiro atoms. The van der Waals surface area contributed by atoms with Crippen LogP contribution < -0.4 is 0 Å². The molecular weight excluding hydrogens is 265 g/mol. The van der Waals surface area contributed by atoms with Gasteiger partial charge in [-0.1, -0.05) is 13.8 Å². The molecule has 0 saturated carbocycles. The molecule has 0 N–H and O–H groups in total. The van der Waals surface area contributed by atoms with E-state index in [4.69, 9.17) is 11.6 Å². The minimum Gasteiger partial charge on any atom is -0.334 e. The fourth-order valence-corrected chi connectivity index (χ4v) is 2.40. The van der Waals surface area contributed by atoms with Crippen LogP contribution in [0.1, 0.15) is 42.6 Å². The Balaban J connectivity index is 3.01. The van der Waals surface area contributed by atoms with Crippen LogP contribution >= 0.6 is 11.6 Å². The molecule has 0 aliphatic carbocycles. The highest BCUT2D eigenvalue weighted by atomic mass is 35.5. The van der Waals surface area contributed by atoms with Crippen molar-refractivity contribution in [3.63, 3.8) is 0 Å². The van der Waals surface area contributed by atoms with E-state index in [1.165, 1.54) is 12.1 Å². The summed E-state index contributed by atoms with van der Waals surface area (Å²) in [4.78, 5) is 14.3. The van der Waals surface area contributed by atoms with Crippen LogP contribution in [0.4, 0.5) is 4.39 Å². The third-order valence-corrected chi connectivity index (χ3v) is 3.54. The van der Waals surface area contributed by atoms with Gasteiger partial charge in [0.05, 0.1) is 0 Å². The average molecular weight is 286 g/mol. The van der Waals surface area contributed by atoms with Gasteiger partial charge in [0.2, 0.25) is 0 Å². The molecule has 0 bridgehead atoms. The zero-order valence-corrected chi connectivity index (χ0v) is 12.5. The highest BCUT2D eigenvalue weighted by molar-refractivity contribution is 6.18. The number of amides is 1. The Morgan fingerprint density at radius 2 is 2.00 bits per heavy atom. The van der Waals surface area contributed by atoms with Gasteiger partial charge in [0, 0.05) is 24.0 Å². The number of nitrogens with zero attached hydrogens (tertiary/aromatic N) is 1. The maximum atomic E-state index is 13.3. The zero-order chi connectivity index (χ0) is 14.4. The van der Waals surface area contributed by atoms with Crippen molar-refractivity contribution in [3.05, 3.63) is 35.1 Å². The molecule has 0 unspecified atom stereocenters. The molecule has 2 nitrogen and oxygen atoms in total. The van der Waals surface area contributed by atoms with Crippen molar-refractivity contribution in [1.29, 1.82) is 0 Å². The number of halogens is 2. The normalized spacial score (nSPS) is 10.8. The molecule has 1 rings (SSSR count). The summed E-state index contributed by atoms with van der Waals surface area (Å²) >= 11 is 5.79. The van der Waals surface area contributed by atoms with E-state index in [2.05, 4.69) is 13.8 Å². The maximum Gasteiger partial charge on any atom is 0.254 e. The smallest absolute Gasteiger partial charge is 0.254 e. The number of benzene rings is 1. The third-order valence-electron chi connectivity index (χ3n) is 3.37. The van der Waals surface area contributed by atoms with Gasteiger partial charge < -0.3 is 4.90 Å². The van der Waals surface area contributed by atoms with E-state index in [1.54, 1.807) is 17.9 Å². The van der Waals surface area contributed by atoms with Crippen LogP contribution in [0.15, 0.2) is 18.2 Å². The van der Waals surface area contributed by atoms with Gasteiger partial charge in [-0.2, -0.15) is 0 Å². The third kappa shape index (κ3) is 3.93. The Hall–Kier alpha value is -1.09. The van der Waals surface area contributed by atoms with E-state index in [-0.39, 0.29) is 17.8 Å². The van der Waals surface area contributed by atoms with Crippen molar-refractivity contribution in [2.45, 2.75) is 39.7 Å².